The molecule has 10 heteroatoms. The van der Waals surface area contributed by atoms with Crippen molar-refractivity contribution < 1.29 is 27.1 Å². The summed E-state index contributed by atoms with van der Waals surface area (Å²) in [6.07, 6.45) is -0.253. The van der Waals surface area contributed by atoms with E-state index in [-0.39, 0.29) is 28.6 Å². The number of rotatable bonds is 8. The monoisotopic (exact) mass is 414 g/mol. The number of halogens is 2. The quantitative estimate of drug-likeness (QED) is 0.645. The summed E-state index contributed by atoms with van der Waals surface area (Å²) in [6, 6.07) is 11.1. The van der Waals surface area contributed by atoms with Gasteiger partial charge in [0.05, 0.1) is 22.0 Å². The minimum absolute atomic E-state index is 0.00463. The minimum atomic E-state index is -3.72. The Morgan fingerprint density at radius 3 is 2.48 bits per heavy atom. The predicted octanol–water partition coefficient (Wildman–Crippen LogP) is 2.33. The molecule has 1 amide bonds. The Balaban J connectivity index is 1.73. The van der Waals surface area contributed by atoms with Gasteiger partial charge < -0.3 is 10.1 Å². The van der Waals surface area contributed by atoms with E-state index in [0.717, 1.165) is 12.1 Å². The van der Waals surface area contributed by atoms with Crippen LogP contribution in [0.5, 0.6) is 0 Å². The Hall–Kier alpha value is -2.49. The molecule has 0 atom stereocenters. The van der Waals surface area contributed by atoms with E-state index in [1.807, 2.05) is 0 Å². The number of hydrogen-bond acceptors (Lipinski definition) is 5. The average Bonchev–Trinajstić information content (AvgIpc) is 2.63. The number of carbonyl (C=O) groups excluding carboxylic acids is 2. The molecule has 0 aliphatic heterocycles. The fourth-order valence-electron chi connectivity index (χ4n) is 1.97. The van der Waals surface area contributed by atoms with Gasteiger partial charge in [-0.1, -0.05) is 29.8 Å². The van der Waals surface area contributed by atoms with Crippen molar-refractivity contribution in [2.75, 3.05) is 18.5 Å². The SMILES string of the molecule is O=C(COC(=O)CCNS(=O)(=O)c1ccccc1)Nc1ccc(F)cc1Cl. The van der Waals surface area contributed by atoms with Crippen LogP contribution in [-0.4, -0.2) is 33.4 Å². The zero-order valence-corrected chi connectivity index (χ0v) is 15.5. The molecule has 144 valence electrons. The van der Waals surface area contributed by atoms with Crippen molar-refractivity contribution in [1.29, 1.82) is 0 Å². The largest absolute Gasteiger partial charge is 0.456 e. The average molecular weight is 415 g/mol. The highest BCUT2D eigenvalue weighted by Crippen LogP contribution is 2.22. The van der Waals surface area contributed by atoms with Gasteiger partial charge in [-0.3, -0.25) is 9.59 Å². The zero-order chi connectivity index (χ0) is 19.9. The maximum absolute atomic E-state index is 12.9. The maximum atomic E-state index is 12.9. The molecule has 2 rings (SSSR count). The highest BCUT2D eigenvalue weighted by molar-refractivity contribution is 7.89. The van der Waals surface area contributed by atoms with E-state index in [1.165, 1.54) is 18.2 Å². The summed E-state index contributed by atoms with van der Waals surface area (Å²) in [6.45, 7) is -0.764. The Morgan fingerprint density at radius 2 is 1.81 bits per heavy atom. The molecule has 27 heavy (non-hydrogen) atoms. The van der Waals surface area contributed by atoms with Crippen molar-refractivity contribution >= 4 is 39.2 Å². The molecule has 2 aromatic carbocycles. The van der Waals surface area contributed by atoms with Crippen LogP contribution < -0.4 is 10.0 Å². The summed E-state index contributed by atoms with van der Waals surface area (Å²) in [7, 11) is -3.72. The number of carbonyl (C=O) groups is 2. The van der Waals surface area contributed by atoms with Crippen molar-refractivity contribution in [3.05, 3.63) is 59.4 Å². The number of nitrogens with one attached hydrogen (secondary N) is 2. The summed E-state index contributed by atoms with van der Waals surface area (Å²) >= 11 is 5.77. The van der Waals surface area contributed by atoms with Crippen LogP contribution in [0.15, 0.2) is 53.4 Å². The first-order valence-corrected chi connectivity index (χ1v) is 9.59. The van der Waals surface area contributed by atoms with Gasteiger partial charge in [0.25, 0.3) is 5.91 Å². The van der Waals surface area contributed by atoms with Gasteiger partial charge in [-0.25, -0.2) is 17.5 Å². The molecular weight excluding hydrogens is 399 g/mol. The smallest absolute Gasteiger partial charge is 0.307 e. The first-order chi connectivity index (χ1) is 12.8. The summed E-state index contributed by atoms with van der Waals surface area (Å²) in [5.74, 6) is -1.98. The lowest BCUT2D eigenvalue weighted by Crippen LogP contribution is -2.28. The molecule has 0 aromatic heterocycles. The van der Waals surface area contributed by atoms with Crippen molar-refractivity contribution in [2.45, 2.75) is 11.3 Å². The number of esters is 1. The first kappa shape index (κ1) is 20.8. The zero-order valence-electron chi connectivity index (χ0n) is 13.9. The van der Waals surface area contributed by atoms with Gasteiger partial charge in [0.15, 0.2) is 6.61 Å². The molecule has 0 heterocycles. The predicted molar refractivity (Wildman–Crippen MR) is 97.2 cm³/mol. The molecule has 0 saturated heterocycles. The summed E-state index contributed by atoms with van der Waals surface area (Å²) < 4.78 is 43.9. The molecule has 0 unspecified atom stereocenters. The summed E-state index contributed by atoms with van der Waals surface area (Å²) in [5.41, 5.74) is 0.176. The van der Waals surface area contributed by atoms with Gasteiger partial charge in [-0.2, -0.15) is 0 Å². The van der Waals surface area contributed by atoms with E-state index < -0.39 is 34.3 Å². The van der Waals surface area contributed by atoms with Crippen molar-refractivity contribution in [1.82, 2.24) is 4.72 Å². The number of anilines is 1. The third kappa shape index (κ3) is 6.63. The highest BCUT2D eigenvalue weighted by Gasteiger charge is 2.14. The van der Waals surface area contributed by atoms with Gasteiger partial charge in [-0.05, 0) is 30.3 Å². The highest BCUT2D eigenvalue weighted by atomic mass is 35.5. The molecule has 2 aromatic rings. The van der Waals surface area contributed by atoms with Crippen LogP contribution in [0.4, 0.5) is 10.1 Å². The molecule has 0 radical (unpaired) electrons. The Morgan fingerprint density at radius 1 is 1.11 bits per heavy atom. The van der Waals surface area contributed by atoms with E-state index in [9.17, 15) is 22.4 Å². The van der Waals surface area contributed by atoms with Gasteiger partial charge >= 0.3 is 5.97 Å². The van der Waals surface area contributed by atoms with Crippen LogP contribution in [0.25, 0.3) is 0 Å². The second-order valence-corrected chi connectivity index (χ2v) is 7.47. The molecule has 2 N–H and O–H groups in total. The lowest BCUT2D eigenvalue weighted by molar-refractivity contribution is -0.147. The van der Waals surface area contributed by atoms with E-state index >= 15 is 0 Å². The second kappa shape index (κ2) is 9.45. The van der Waals surface area contributed by atoms with Crippen molar-refractivity contribution in [2.24, 2.45) is 0 Å². The maximum Gasteiger partial charge on any atom is 0.307 e. The van der Waals surface area contributed by atoms with Crippen LogP contribution >= 0.6 is 11.6 Å². The third-order valence-corrected chi connectivity index (χ3v) is 5.03. The van der Waals surface area contributed by atoms with Crippen molar-refractivity contribution in [3.8, 4) is 0 Å². The fraction of sp³-hybridized carbons (Fsp3) is 0.176. The van der Waals surface area contributed by atoms with E-state index in [0.29, 0.717) is 0 Å². The van der Waals surface area contributed by atoms with Gasteiger partial charge in [0.2, 0.25) is 10.0 Å². The molecular formula is C17H16ClFN2O5S. The Bertz CT molecular complexity index is 922. The van der Waals surface area contributed by atoms with Gasteiger partial charge in [0.1, 0.15) is 5.82 Å². The van der Waals surface area contributed by atoms with E-state index in [1.54, 1.807) is 18.2 Å². The standard InChI is InChI=1S/C17H16ClFN2O5S/c18-14-10-12(19)6-7-15(14)21-16(22)11-26-17(23)8-9-20-27(24,25)13-4-2-1-3-5-13/h1-7,10,20H,8-9,11H2,(H,21,22). The molecule has 0 fully saturated rings. The third-order valence-electron chi connectivity index (χ3n) is 3.24. The minimum Gasteiger partial charge on any atom is -0.456 e. The van der Waals surface area contributed by atoms with Crippen LogP contribution in [-0.2, 0) is 24.3 Å². The van der Waals surface area contributed by atoms with Crippen LogP contribution in [0.2, 0.25) is 5.02 Å². The first-order valence-electron chi connectivity index (χ1n) is 7.73. The number of amides is 1. The number of sulfonamides is 1. The lowest BCUT2D eigenvalue weighted by Gasteiger charge is -2.09. The van der Waals surface area contributed by atoms with Crippen LogP contribution in [0.3, 0.4) is 0 Å². The summed E-state index contributed by atoms with van der Waals surface area (Å²) in [5, 5.41) is 2.37. The lowest BCUT2D eigenvalue weighted by atomic mass is 10.3. The molecule has 7 nitrogen and oxygen atoms in total. The molecule has 0 bridgehead atoms. The van der Waals surface area contributed by atoms with Crippen LogP contribution in [0.1, 0.15) is 6.42 Å². The normalized spacial score (nSPS) is 11.0. The number of ether oxygens (including phenoxy) is 1. The second-order valence-electron chi connectivity index (χ2n) is 5.29. The Labute approximate surface area is 160 Å². The molecule has 0 saturated carbocycles. The van der Waals surface area contributed by atoms with Gasteiger partial charge in [0, 0.05) is 6.54 Å². The number of hydrogen-bond donors (Lipinski definition) is 2. The number of benzene rings is 2. The summed E-state index contributed by atoms with van der Waals surface area (Å²) in [4.78, 5) is 23.4. The fourth-order valence-corrected chi connectivity index (χ4v) is 3.23. The molecule has 0 aliphatic rings. The van der Waals surface area contributed by atoms with E-state index in [2.05, 4.69) is 10.0 Å². The topological polar surface area (TPSA) is 102 Å². The Kier molecular flexibility index (Phi) is 7.28. The molecule has 0 spiro atoms. The van der Waals surface area contributed by atoms with Crippen molar-refractivity contribution in [3.63, 3.8) is 0 Å². The van der Waals surface area contributed by atoms with Crippen LogP contribution in [0, 0.1) is 5.82 Å². The molecule has 0 aliphatic carbocycles. The van der Waals surface area contributed by atoms with E-state index in [4.69, 9.17) is 16.3 Å². The van der Waals surface area contributed by atoms with Gasteiger partial charge in [-0.15, -0.1) is 0 Å².